The van der Waals surface area contributed by atoms with Crippen molar-refractivity contribution in [3.05, 3.63) is 21.6 Å². The summed E-state index contributed by atoms with van der Waals surface area (Å²) in [6.45, 7) is 1.97. The van der Waals surface area contributed by atoms with Gasteiger partial charge in [-0.3, -0.25) is 0 Å². The average molecular weight is 352 g/mol. The third-order valence-electron chi connectivity index (χ3n) is 2.27. The van der Waals surface area contributed by atoms with Gasteiger partial charge in [0.15, 0.2) is 0 Å². The fourth-order valence-corrected chi connectivity index (χ4v) is 4.00. The molecule has 0 aliphatic heterocycles. The molecule has 0 aliphatic carbocycles. The van der Waals surface area contributed by atoms with Crippen molar-refractivity contribution in [2.24, 2.45) is 0 Å². The van der Waals surface area contributed by atoms with Gasteiger partial charge >= 0.3 is 0 Å². The first-order valence-corrected chi connectivity index (χ1v) is 7.63. The predicted molar refractivity (Wildman–Crippen MR) is 76.8 cm³/mol. The van der Waals surface area contributed by atoms with Gasteiger partial charge in [0.1, 0.15) is 0 Å². The first kappa shape index (κ1) is 15.3. The Bertz CT molecular complexity index is 596. The Morgan fingerprint density at radius 3 is 2.67 bits per heavy atom. The number of benzene rings is 1. The minimum Gasteiger partial charge on any atom is -0.398 e. The molecule has 0 spiro atoms. The highest BCUT2D eigenvalue weighted by Gasteiger charge is 2.26. The summed E-state index contributed by atoms with van der Waals surface area (Å²) in [5, 5.41) is 0.256. The molecule has 18 heavy (non-hydrogen) atoms. The molecule has 2 N–H and O–H groups in total. The number of nitrogens with two attached hydrogens (primary N) is 1. The van der Waals surface area contributed by atoms with Crippen LogP contribution in [0, 0.1) is 12.3 Å². The van der Waals surface area contributed by atoms with Crippen molar-refractivity contribution in [3.63, 3.8) is 0 Å². The Morgan fingerprint density at radius 1 is 1.56 bits per heavy atom. The highest BCUT2D eigenvalue weighted by atomic mass is 79.9. The Kier molecular flexibility index (Phi) is 5.05. The molecule has 1 aromatic rings. The molecule has 1 rings (SSSR count). The fraction of sp³-hybridized carbons (Fsp3) is 0.273. The summed E-state index contributed by atoms with van der Waals surface area (Å²) in [5.74, 6) is 2.31. The van der Waals surface area contributed by atoms with Crippen LogP contribution in [-0.2, 0) is 10.0 Å². The van der Waals surface area contributed by atoms with Crippen LogP contribution in [0.1, 0.15) is 6.92 Å². The van der Waals surface area contributed by atoms with Gasteiger partial charge in [0.25, 0.3) is 0 Å². The van der Waals surface area contributed by atoms with Crippen molar-refractivity contribution in [3.8, 4) is 12.3 Å². The fourth-order valence-electron chi connectivity index (χ4n) is 1.38. The maximum absolute atomic E-state index is 12.4. The number of sulfonamides is 1. The number of rotatable bonds is 4. The minimum atomic E-state index is -3.71. The number of hydrogen-bond donors (Lipinski definition) is 1. The zero-order chi connectivity index (χ0) is 13.9. The zero-order valence-corrected chi connectivity index (χ0v) is 12.8. The van der Waals surface area contributed by atoms with Gasteiger partial charge < -0.3 is 5.73 Å². The minimum absolute atomic E-state index is 0.00229. The van der Waals surface area contributed by atoms with Crippen LogP contribution in [-0.4, -0.2) is 25.8 Å². The second kappa shape index (κ2) is 5.93. The lowest BCUT2D eigenvalue weighted by molar-refractivity contribution is 0.463. The van der Waals surface area contributed by atoms with Gasteiger partial charge in [-0.15, -0.1) is 6.42 Å². The van der Waals surface area contributed by atoms with Crippen molar-refractivity contribution in [1.29, 1.82) is 0 Å². The Balaban J connectivity index is 3.41. The Hall–Kier alpha value is -0.740. The van der Waals surface area contributed by atoms with Crippen molar-refractivity contribution in [2.75, 3.05) is 18.8 Å². The van der Waals surface area contributed by atoms with Crippen LogP contribution in [0.3, 0.4) is 0 Å². The molecule has 0 amide bonds. The second-order valence-electron chi connectivity index (χ2n) is 3.44. The van der Waals surface area contributed by atoms with Gasteiger partial charge in [0.2, 0.25) is 10.0 Å². The van der Waals surface area contributed by atoms with Crippen LogP contribution >= 0.6 is 27.5 Å². The zero-order valence-electron chi connectivity index (χ0n) is 9.65. The molecule has 1 aromatic carbocycles. The van der Waals surface area contributed by atoms with E-state index in [1.54, 1.807) is 6.92 Å². The molecule has 98 valence electrons. The number of halogens is 2. The smallest absolute Gasteiger partial charge is 0.245 e. The molecule has 7 heteroatoms. The van der Waals surface area contributed by atoms with Crippen LogP contribution in [0.2, 0.25) is 5.02 Å². The number of terminal acetylenes is 1. The van der Waals surface area contributed by atoms with E-state index in [0.717, 1.165) is 0 Å². The number of hydrogen-bond acceptors (Lipinski definition) is 3. The maximum Gasteiger partial charge on any atom is 0.245 e. The molecule has 0 fully saturated rings. The SMILES string of the molecule is C#CCN(CC)S(=O)(=O)c1cc(Cl)cc(N)c1Br. The summed E-state index contributed by atoms with van der Waals surface area (Å²) in [5.41, 5.74) is 5.94. The van der Waals surface area contributed by atoms with Gasteiger partial charge in [-0.05, 0) is 28.1 Å². The summed E-state index contributed by atoms with van der Waals surface area (Å²) < 4.78 is 26.2. The van der Waals surface area contributed by atoms with Gasteiger partial charge in [0.05, 0.1) is 15.9 Å². The quantitative estimate of drug-likeness (QED) is 0.669. The van der Waals surface area contributed by atoms with E-state index in [0.29, 0.717) is 4.47 Å². The normalized spacial score (nSPS) is 11.5. The van der Waals surface area contributed by atoms with E-state index < -0.39 is 10.0 Å². The van der Waals surface area contributed by atoms with Gasteiger partial charge in [-0.2, -0.15) is 4.31 Å². The van der Waals surface area contributed by atoms with E-state index in [9.17, 15) is 8.42 Å². The largest absolute Gasteiger partial charge is 0.398 e. The Labute approximate surface area is 120 Å². The molecule has 0 aromatic heterocycles. The molecule has 0 unspecified atom stereocenters. The monoisotopic (exact) mass is 350 g/mol. The van der Waals surface area contributed by atoms with Gasteiger partial charge in [0, 0.05) is 17.3 Å². The molecule has 4 nitrogen and oxygen atoms in total. The molecular formula is C11H12BrClN2O2S. The lowest BCUT2D eigenvalue weighted by Crippen LogP contribution is -2.31. The highest BCUT2D eigenvalue weighted by molar-refractivity contribution is 9.10. The summed E-state index contributed by atoms with van der Waals surface area (Å²) >= 11 is 8.99. The number of anilines is 1. The molecular weight excluding hydrogens is 340 g/mol. The molecule has 0 aliphatic rings. The molecule has 0 saturated carbocycles. The highest BCUT2D eigenvalue weighted by Crippen LogP contribution is 2.33. The van der Waals surface area contributed by atoms with Gasteiger partial charge in [-0.1, -0.05) is 24.4 Å². The molecule has 0 radical (unpaired) electrons. The first-order valence-electron chi connectivity index (χ1n) is 5.02. The topological polar surface area (TPSA) is 63.4 Å². The maximum atomic E-state index is 12.4. The van der Waals surface area contributed by atoms with Crippen LogP contribution in [0.4, 0.5) is 5.69 Å². The number of nitrogen functional groups attached to an aromatic ring is 1. The summed E-state index contributed by atoms with van der Waals surface area (Å²) in [4.78, 5) is 0.0181. The Morgan fingerprint density at radius 2 is 2.17 bits per heavy atom. The third-order valence-corrected chi connectivity index (χ3v) is 5.58. The van der Waals surface area contributed by atoms with Crippen molar-refractivity contribution in [1.82, 2.24) is 4.31 Å². The molecule has 0 atom stereocenters. The molecule has 0 saturated heterocycles. The number of nitrogens with zero attached hydrogens (tertiary/aromatic N) is 1. The van der Waals surface area contributed by atoms with Crippen molar-refractivity contribution >= 4 is 43.2 Å². The molecule has 0 bridgehead atoms. The predicted octanol–water partition coefficient (Wildman–Crippen LogP) is 2.33. The van der Waals surface area contributed by atoms with Crippen LogP contribution < -0.4 is 5.73 Å². The van der Waals surface area contributed by atoms with E-state index in [4.69, 9.17) is 23.8 Å². The standard InChI is InChI=1S/C11H12BrClN2O2S/c1-3-5-15(4-2)18(16,17)10-7-8(13)6-9(14)11(10)12/h1,6-7H,4-5,14H2,2H3. The van der Waals surface area contributed by atoms with E-state index in [1.807, 2.05) is 0 Å². The lowest BCUT2D eigenvalue weighted by Gasteiger charge is -2.19. The van der Waals surface area contributed by atoms with E-state index in [-0.39, 0.29) is 28.7 Å². The average Bonchev–Trinajstić information content (AvgIpc) is 2.30. The first-order chi connectivity index (χ1) is 8.34. The lowest BCUT2D eigenvalue weighted by atomic mass is 10.3. The summed E-state index contributed by atoms with van der Waals surface area (Å²) in [6.07, 6.45) is 5.16. The van der Waals surface area contributed by atoms with Crippen molar-refractivity contribution < 1.29 is 8.42 Å². The molecule has 0 heterocycles. The van der Waals surface area contributed by atoms with Gasteiger partial charge in [-0.25, -0.2) is 8.42 Å². The van der Waals surface area contributed by atoms with Crippen molar-refractivity contribution in [2.45, 2.75) is 11.8 Å². The van der Waals surface area contributed by atoms with E-state index in [1.165, 1.54) is 16.4 Å². The van der Waals surface area contributed by atoms with E-state index >= 15 is 0 Å². The second-order valence-corrected chi connectivity index (χ2v) is 6.58. The van der Waals surface area contributed by atoms with E-state index in [2.05, 4.69) is 21.9 Å². The van der Waals surface area contributed by atoms with Crippen LogP contribution in [0.15, 0.2) is 21.5 Å². The summed E-state index contributed by atoms with van der Waals surface area (Å²) in [6, 6.07) is 2.82. The van der Waals surface area contributed by atoms with Crippen LogP contribution in [0.5, 0.6) is 0 Å². The summed E-state index contributed by atoms with van der Waals surface area (Å²) in [7, 11) is -3.71. The van der Waals surface area contributed by atoms with Crippen LogP contribution in [0.25, 0.3) is 0 Å². The third kappa shape index (κ3) is 2.98.